The minimum absolute atomic E-state index is 0.234. The Kier molecular flexibility index (Phi) is 1.33. The summed E-state index contributed by atoms with van der Waals surface area (Å²) in [6.07, 6.45) is 0. The zero-order chi connectivity index (χ0) is 8.93. The van der Waals surface area contributed by atoms with Crippen LogP contribution < -0.4 is 0 Å². The highest BCUT2D eigenvalue weighted by molar-refractivity contribution is 7.91. The lowest BCUT2D eigenvalue weighted by Crippen LogP contribution is -2.14. The molecule has 2 aliphatic rings. The molecule has 0 aromatic heterocycles. The van der Waals surface area contributed by atoms with Gasteiger partial charge in [0.25, 0.3) is 0 Å². The van der Waals surface area contributed by atoms with E-state index in [1.807, 2.05) is 0 Å². The summed E-state index contributed by atoms with van der Waals surface area (Å²) in [4.78, 5) is 21.7. The number of fused-ring (bicyclic) bond motifs is 1. The van der Waals surface area contributed by atoms with Crippen LogP contribution in [-0.2, 0) is 24.2 Å². The van der Waals surface area contributed by atoms with Crippen LogP contribution in [0.2, 0.25) is 0 Å². The fourth-order valence-electron chi connectivity index (χ4n) is 1.56. The number of sulfone groups is 1. The molecule has 0 saturated carbocycles. The van der Waals surface area contributed by atoms with Gasteiger partial charge in [0.05, 0.1) is 23.3 Å². The SMILES string of the molecule is O=C1OC(=O)C2CS(=O)(=O)CC12. The third kappa shape index (κ3) is 0.945. The molecule has 0 amide bonds. The minimum Gasteiger partial charge on any atom is -0.393 e. The molecule has 2 atom stereocenters. The van der Waals surface area contributed by atoms with Crippen LogP contribution in [0, 0.1) is 11.8 Å². The minimum atomic E-state index is -3.19. The van der Waals surface area contributed by atoms with E-state index in [-0.39, 0.29) is 11.5 Å². The molecular formula is C6H6O5S. The average Bonchev–Trinajstić information content (AvgIpc) is 2.34. The summed E-state index contributed by atoms with van der Waals surface area (Å²) in [6.45, 7) is 0. The molecule has 0 N–H and O–H groups in total. The number of cyclic esters (lactones) is 2. The van der Waals surface area contributed by atoms with Gasteiger partial charge in [0.1, 0.15) is 0 Å². The van der Waals surface area contributed by atoms with E-state index < -0.39 is 33.6 Å². The molecule has 12 heavy (non-hydrogen) atoms. The third-order valence-corrected chi connectivity index (χ3v) is 3.89. The van der Waals surface area contributed by atoms with Crippen LogP contribution in [0.3, 0.4) is 0 Å². The first-order valence-electron chi connectivity index (χ1n) is 3.45. The second-order valence-corrected chi connectivity index (χ2v) is 5.18. The molecular weight excluding hydrogens is 184 g/mol. The lowest BCUT2D eigenvalue weighted by atomic mass is 10.00. The fourth-order valence-corrected chi connectivity index (χ4v) is 3.53. The van der Waals surface area contributed by atoms with Gasteiger partial charge in [0.2, 0.25) is 0 Å². The second kappa shape index (κ2) is 2.07. The molecule has 0 spiro atoms. The van der Waals surface area contributed by atoms with E-state index in [9.17, 15) is 18.0 Å². The van der Waals surface area contributed by atoms with Gasteiger partial charge in [-0.3, -0.25) is 9.59 Å². The largest absolute Gasteiger partial charge is 0.393 e. The van der Waals surface area contributed by atoms with Crippen molar-refractivity contribution in [2.45, 2.75) is 0 Å². The smallest absolute Gasteiger partial charge is 0.318 e. The number of carbonyl (C=O) groups is 2. The second-order valence-electron chi connectivity index (χ2n) is 3.03. The number of rotatable bonds is 0. The van der Waals surface area contributed by atoms with Crippen molar-refractivity contribution in [3.05, 3.63) is 0 Å². The molecule has 6 heteroatoms. The summed E-state index contributed by atoms with van der Waals surface area (Å²) < 4.78 is 26.2. The Morgan fingerprint density at radius 1 is 1.08 bits per heavy atom. The number of hydrogen-bond donors (Lipinski definition) is 0. The topological polar surface area (TPSA) is 77.5 Å². The van der Waals surface area contributed by atoms with Crippen LogP contribution >= 0.6 is 0 Å². The van der Waals surface area contributed by atoms with Crippen molar-refractivity contribution in [3.8, 4) is 0 Å². The maximum atomic E-state index is 11.0. The van der Waals surface area contributed by atoms with Crippen molar-refractivity contribution >= 4 is 21.8 Å². The van der Waals surface area contributed by atoms with Crippen molar-refractivity contribution in [1.29, 1.82) is 0 Å². The monoisotopic (exact) mass is 190 g/mol. The normalized spacial score (nSPS) is 38.0. The van der Waals surface area contributed by atoms with Gasteiger partial charge in [-0.2, -0.15) is 0 Å². The first-order chi connectivity index (χ1) is 5.49. The summed E-state index contributed by atoms with van der Waals surface area (Å²) in [5.41, 5.74) is 0. The van der Waals surface area contributed by atoms with E-state index in [0.29, 0.717) is 0 Å². The van der Waals surface area contributed by atoms with Crippen LogP contribution in [0.1, 0.15) is 0 Å². The molecule has 0 bridgehead atoms. The Balaban J connectivity index is 2.38. The van der Waals surface area contributed by atoms with Gasteiger partial charge in [0.15, 0.2) is 9.84 Å². The fraction of sp³-hybridized carbons (Fsp3) is 0.667. The van der Waals surface area contributed by atoms with Crippen molar-refractivity contribution < 1.29 is 22.7 Å². The van der Waals surface area contributed by atoms with Gasteiger partial charge in [-0.25, -0.2) is 8.42 Å². The van der Waals surface area contributed by atoms with E-state index in [1.165, 1.54) is 0 Å². The Labute approximate surface area is 68.6 Å². The molecule has 2 heterocycles. The highest BCUT2D eigenvalue weighted by atomic mass is 32.2. The zero-order valence-corrected chi connectivity index (χ0v) is 6.83. The lowest BCUT2D eigenvalue weighted by molar-refractivity contribution is -0.153. The molecule has 2 saturated heterocycles. The number of carbonyl (C=O) groups excluding carboxylic acids is 2. The summed E-state index contributed by atoms with van der Waals surface area (Å²) in [5, 5.41) is 0. The highest BCUT2D eigenvalue weighted by Gasteiger charge is 2.53. The van der Waals surface area contributed by atoms with Crippen molar-refractivity contribution in [2.24, 2.45) is 11.8 Å². The standard InChI is InChI=1S/C6H6O5S/c7-5-3-1-12(9,10)2-4(3)6(8)11-5/h3-4H,1-2H2. The summed E-state index contributed by atoms with van der Waals surface area (Å²) >= 11 is 0. The van der Waals surface area contributed by atoms with Gasteiger partial charge < -0.3 is 4.74 Å². The molecule has 0 aromatic rings. The molecule has 0 radical (unpaired) electrons. The molecule has 2 unspecified atom stereocenters. The molecule has 2 fully saturated rings. The molecule has 0 aromatic carbocycles. The van der Waals surface area contributed by atoms with Crippen molar-refractivity contribution in [2.75, 3.05) is 11.5 Å². The Morgan fingerprint density at radius 2 is 1.50 bits per heavy atom. The Bertz CT molecular complexity index is 326. The molecule has 66 valence electrons. The van der Waals surface area contributed by atoms with E-state index in [0.717, 1.165) is 0 Å². The third-order valence-electron chi connectivity index (χ3n) is 2.16. The van der Waals surface area contributed by atoms with E-state index in [4.69, 9.17) is 0 Å². The molecule has 0 aliphatic carbocycles. The van der Waals surface area contributed by atoms with E-state index in [1.54, 1.807) is 0 Å². The van der Waals surface area contributed by atoms with Gasteiger partial charge in [-0.15, -0.1) is 0 Å². The molecule has 2 aliphatic heterocycles. The van der Waals surface area contributed by atoms with Crippen molar-refractivity contribution in [1.82, 2.24) is 0 Å². The van der Waals surface area contributed by atoms with Crippen LogP contribution in [0.15, 0.2) is 0 Å². The quantitative estimate of drug-likeness (QED) is 0.351. The van der Waals surface area contributed by atoms with E-state index in [2.05, 4.69) is 4.74 Å². The average molecular weight is 190 g/mol. The molecule has 5 nitrogen and oxygen atoms in total. The first-order valence-corrected chi connectivity index (χ1v) is 5.28. The Morgan fingerprint density at radius 3 is 1.92 bits per heavy atom. The number of esters is 2. The maximum Gasteiger partial charge on any atom is 0.318 e. The van der Waals surface area contributed by atoms with Crippen LogP contribution in [0.4, 0.5) is 0 Å². The predicted molar refractivity (Wildman–Crippen MR) is 36.7 cm³/mol. The predicted octanol–water partition coefficient (Wildman–Crippen LogP) is -1.27. The summed E-state index contributed by atoms with van der Waals surface area (Å²) in [6, 6.07) is 0. The van der Waals surface area contributed by atoms with Crippen LogP contribution in [0.25, 0.3) is 0 Å². The highest BCUT2D eigenvalue weighted by Crippen LogP contribution is 2.32. The van der Waals surface area contributed by atoms with Gasteiger partial charge in [0, 0.05) is 0 Å². The summed E-state index contributed by atoms with van der Waals surface area (Å²) in [7, 11) is -3.19. The zero-order valence-electron chi connectivity index (χ0n) is 6.02. The van der Waals surface area contributed by atoms with Gasteiger partial charge >= 0.3 is 11.9 Å². The van der Waals surface area contributed by atoms with E-state index >= 15 is 0 Å². The number of hydrogen-bond acceptors (Lipinski definition) is 5. The lowest BCUT2D eigenvalue weighted by Gasteiger charge is -1.93. The number of ether oxygens (including phenoxy) is 1. The summed E-state index contributed by atoms with van der Waals surface area (Å²) in [5.74, 6) is -3.31. The first kappa shape index (κ1) is 7.72. The van der Waals surface area contributed by atoms with Crippen molar-refractivity contribution in [3.63, 3.8) is 0 Å². The maximum absolute atomic E-state index is 11.0. The van der Waals surface area contributed by atoms with Crippen LogP contribution in [-0.4, -0.2) is 31.9 Å². The Hall–Kier alpha value is -0.910. The molecule has 2 rings (SSSR count). The van der Waals surface area contributed by atoms with Gasteiger partial charge in [-0.1, -0.05) is 0 Å². The van der Waals surface area contributed by atoms with Crippen LogP contribution in [0.5, 0.6) is 0 Å². The van der Waals surface area contributed by atoms with Gasteiger partial charge in [-0.05, 0) is 0 Å².